The smallest absolute Gasteiger partial charge is 0.111 e. The minimum absolute atomic E-state index is 0.574. The molecule has 1 heterocycles. The van der Waals surface area contributed by atoms with Gasteiger partial charge in [0.15, 0.2) is 0 Å². The van der Waals surface area contributed by atoms with Gasteiger partial charge < -0.3 is 4.98 Å². The van der Waals surface area contributed by atoms with Crippen molar-refractivity contribution in [1.29, 1.82) is 0 Å². The van der Waals surface area contributed by atoms with Gasteiger partial charge in [0, 0.05) is 27.7 Å². The Morgan fingerprint density at radius 1 is 0.880 bits per heavy atom. The van der Waals surface area contributed by atoms with Gasteiger partial charge in [-0.3, -0.25) is 0 Å². The molecule has 0 spiro atoms. The lowest BCUT2D eigenvalue weighted by Gasteiger charge is -2.05. The van der Waals surface area contributed by atoms with Gasteiger partial charge in [0.05, 0.1) is 5.69 Å². The molecule has 25 heavy (non-hydrogen) atoms. The summed E-state index contributed by atoms with van der Waals surface area (Å²) in [7, 11) is 0. The van der Waals surface area contributed by atoms with Gasteiger partial charge in [-0.1, -0.05) is 71.7 Å². The van der Waals surface area contributed by atoms with Crippen molar-refractivity contribution in [2.75, 3.05) is 0 Å². The Morgan fingerprint density at radius 3 is 2.36 bits per heavy atom. The highest BCUT2D eigenvalue weighted by atomic mass is 35.5. The number of halogens is 2. The van der Waals surface area contributed by atoms with Crippen molar-refractivity contribution in [3.63, 3.8) is 0 Å². The Labute approximate surface area is 156 Å². The van der Waals surface area contributed by atoms with Crippen molar-refractivity contribution in [3.05, 3.63) is 87.8 Å². The maximum Gasteiger partial charge on any atom is 0.111 e. The highest BCUT2D eigenvalue weighted by Crippen LogP contribution is 2.31. The molecule has 4 heteroatoms. The van der Waals surface area contributed by atoms with Crippen molar-refractivity contribution in [2.24, 2.45) is 0 Å². The largest absolute Gasteiger partial charge is 0.345 e. The van der Waals surface area contributed by atoms with Gasteiger partial charge in [-0.05, 0) is 35.4 Å². The van der Waals surface area contributed by atoms with E-state index in [1.54, 1.807) is 0 Å². The second kappa shape index (κ2) is 6.55. The monoisotopic (exact) mass is 366 g/mol. The van der Waals surface area contributed by atoms with E-state index in [1.165, 1.54) is 10.8 Å². The molecule has 0 atom stereocenters. The van der Waals surface area contributed by atoms with Crippen LogP contribution in [0.4, 0.5) is 0 Å². The van der Waals surface area contributed by atoms with Crippen molar-refractivity contribution in [1.82, 2.24) is 9.97 Å². The molecule has 3 aromatic carbocycles. The molecule has 0 aliphatic heterocycles. The van der Waals surface area contributed by atoms with E-state index in [2.05, 4.69) is 41.4 Å². The molecule has 1 N–H and O–H groups in total. The molecule has 0 bridgehead atoms. The summed E-state index contributed by atoms with van der Waals surface area (Å²) in [4.78, 5) is 8.22. The maximum atomic E-state index is 6.30. The topological polar surface area (TPSA) is 28.7 Å². The van der Waals surface area contributed by atoms with Crippen LogP contribution in [0.2, 0.25) is 10.0 Å². The van der Waals surface area contributed by atoms with E-state index in [1.807, 2.05) is 31.2 Å². The number of hydrogen-bond acceptors (Lipinski definition) is 1. The fourth-order valence-electron chi connectivity index (χ4n) is 3.17. The minimum atomic E-state index is 0.574. The van der Waals surface area contributed by atoms with Gasteiger partial charge >= 0.3 is 0 Å². The van der Waals surface area contributed by atoms with E-state index in [4.69, 9.17) is 28.2 Å². The summed E-state index contributed by atoms with van der Waals surface area (Å²) in [5, 5.41) is 3.72. The van der Waals surface area contributed by atoms with Crippen LogP contribution in [-0.2, 0) is 6.42 Å². The van der Waals surface area contributed by atoms with Gasteiger partial charge in [-0.25, -0.2) is 4.98 Å². The molecule has 4 aromatic rings. The normalized spacial score (nSPS) is 11.2. The van der Waals surface area contributed by atoms with Crippen molar-refractivity contribution in [3.8, 4) is 11.3 Å². The fraction of sp³-hybridized carbons (Fsp3) is 0.0952. The van der Waals surface area contributed by atoms with E-state index in [-0.39, 0.29) is 0 Å². The predicted octanol–water partition coefficient (Wildman–Crippen LogP) is 6.44. The Morgan fingerprint density at radius 2 is 1.56 bits per heavy atom. The number of imidazole rings is 1. The average molecular weight is 367 g/mol. The van der Waals surface area contributed by atoms with Crippen LogP contribution < -0.4 is 0 Å². The molecule has 0 aliphatic rings. The highest BCUT2D eigenvalue weighted by Gasteiger charge is 2.14. The summed E-state index contributed by atoms with van der Waals surface area (Å²) in [5.74, 6) is 0.857. The lowest BCUT2D eigenvalue weighted by Crippen LogP contribution is -1.93. The van der Waals surface area contributed by atoms with E-state index in [9.17, 15) is 0 Å². The zero-order valence-corrected chi connectivity index (χ0v) is 15.2. The molecule has 2 nitrogen and oxygen atoms in total. The molecule has 0 saturated carbocycles. The molecule has 0 radical (unpaired) electrons. The molecule has 0 saturated heterocycles. The molecule has 0 amide bonds. The van der Waals surface area contributed by atoms with Crippen LogP contribution in [0.25, 0.3) is 22.0 Å². The Bertz CT molecular complexity index is 1040. The summed E-state index contributed by atoms with van der Waals surface area (Å²) in [6.45, 7) is 2.04. The van der Waals surface area contributed by atoms with E-state index < -0.39 is 0 Å². The number of aryl methyl sites for hydroxylation is 1. The average Bonchev–Trinajstić information content (AvgIpc) is 2.98. The van der Waals surface area contributed by atoms with Crippen LogP contribution in [0.3, 0.4) is 0 Å². The first-order valence-corrected chi connectivity index (χ1v) is 8.85. The van der Waals surface area contributed by atoms with Gasteiger partial charge in [0.25, 0.3) is 0 Å². The summed E-state index contributed by atoms with van der Waals surface area (Å²) in [6, 6.07) is 20.2. The zero-order valence-electron chi connectivity index (χ0n) is 13.7. The zero-order chi connectivity index (χ0) is 17.4. The van der Waals surface area contributed by atoms with Crippen LogP contribution in [0, 0.1) is 6.92 Å². The number of hydrogen-bond donors (Lipinski definition) is 1. The van der Waals surface area contributed by atoms with Crippen molar-refractivity contribution >= 4 is 34.0 Å². The van der Waals surface area contributed by atoms with Crippen LogP contribution in [0.15, 0.2) is 60.7 Å². The number of rotatable bonds is 3. The summed E-state index contributed by atoms with van der Waals surface area (Å²) >= 11 is 12.6. The summed E-state index contributed by atoms with van der Waals surface area (Å²) in [5.41, 5.74) is 4.02. The quantitative estimate of drug-likeness (QED) is 0.444. The Kier molecular flexibility index (Phi) is 4.24. The summed E-state index contributed by atoms with van der Waals surface area (Å²) in [6.07, 6.45) is 0.574. The fourth-order valence-corrected chi connectivity index (χ4v) is 3.70. The van der Waals surface area contributed by atoms with Crippen LogP contribution in [0.5, 0.6) is 0 Å². The molecule has 1 aromatic heterocycles. The first kappa shape index (κ1) is 16.2. The molecule has 0 aliphatic carbocycles. The maximum absolute atomic E-state index is 6.30. The van der Waals surface area contributed by atoms with E-state index in [0.29, 0.717) is 16.5 Å². The second-order valence-electron chi connectivity index (χ2n) is 6.06. The Hall–Kier alpha value is -2.29. The highest BCUT2D eigenvalue weighted by molar-refractivity contribution is 6.36. The third-order valence-corrected chi connectivity index (χ3v) is 5.09. The third-order valence-electron chi connectivity index (χ3n) is 4.38. The molecule has 0 unspecified atom stereocenters. The van der Waals surface area contributed by atoms with Crippen LogP contribution in [-0.4, -0.2) is 9.97 Å². The molecular weight excluding hydrogens is 351 g/mol. The lowest BCUT2D eigenvalue weighted by molar-refractivity contribution is 1.02. The van der Waals surface area contributed by atoms with Gasteiger partial charge in [-0.2, -0.15) is 0 Å². The van der Waals surface area contributed by atoms with E-state index >= 15 is 0 Å². The number of aromatic amines is 1. The van der Waals surface area contributed by atoms with E-state index in [0.717, 1.165) is 28.3 Å². The predicted molar refractivity (Wildman–Crippen MR) is 106 cm³/mol. The first-order valence-electron chi connectivity index (χ1n) is 8.10. The number of fused-ring (bicyclic) bond motifs is 1. The molecule has 0 fully saturated rings. The standard InChI is InChI=1S/C21H16Cl2N2/c1-13-21(16-9-4-7-14-6-2-3-8-15(14)16)25-20(24-13)12-17-18(22)10-5-11-19(17)23/h2-11H,12H2,1H3,(H,24,25). The first-order chi connectivity index (χ1) is 12.1. The van der Waals surface area contributed by atoms with Crippen LogP contribution in [0.1, 0.15) is 17.1 Å². The number of nitrogens with one attached hydrogen (secondary N) is 1. The second-order valence-corrected chi connectivity index (χ2v) is 6.88. The van der Waals surface area contributed by atoms with Gasteiger partial charge in [0.1, 0.15) is 5.82 Å². The van der Waals surface area contributed by atoms with Gasteiger partial charge in [-0.15, -0.1) is 0 Å². The SMILES string of the molecule is Cc1[nH]c(Cc2c(Cl)cccc2Cl)nc1-c1cccc2ccccc12. The Balaban J connectivity index is 1.78. The van der Waals surface area contributed by atoms with Crippen molar-refractivity contribution in [2.45, 2.75) is 13.3 Å². The van der Waals surface area contributed by atoms with Crippen LogP contribution >= 0.6 is 23.2 Å². The minimum Gasteiger partial charge on any atom is -0.345 e. The number of aromatic nitrogens is 2. The number of nitrogens with zero attached hydrogens (tertiary/aromatic N) is 1. The van der Waals surface area contributed by atoms with Gasteiger partial charge in [0.2, 0.25) is 0 Å². The molecule has 4 rings (SSSR count). The number of H-pyrrole nitrogens is 1. The molecular formula is C21H16Cl2N2. The van der Waals surface area contributed by atoms with Crippen molar-refractivity contribution < 1.29 is 0 Å². The molecule has 124 valence electrons. The third kappa shape index (κ3) is 3.04. The lowest BCUT2D eigenvalue weighted by atomic mass is 10.0. The number of benzene rings is 3. The summed E-state index contributed by atoms with van der Waals surface area (Å²) < 4.78 is 0.